The smallest absolute Gasteiger partial charge is 0.255 e. The number of rotatable bonds is 12. The highest BCUT2D eigenvalue weighted by Gasteiger charge is 2.40. The standard InChI is InChI=1S/C43H47ClN8O5S/c1-25-26(2)58-43-38(25)39(29-12-14-30(44)15-13-29)45-34(40-48-47-27(3)52(40)43)22-37(55)50-20-18-49(19-21-50)23-31(53)10-6-4-5-8-28-9-7-11-32-33(28)24-51(42(32)57)35-16-17-36(54)46-41(35)56/h7,9,11-15,34-35H,4-6,8,10,16-24H2,1-3H3,(H,46,54,56)/t34-,35?/m0/s1. The number of thiophene rings is 1. The van der Waals surface area contributed by atoms with Crippen LogP contribution in [0.25, 0.3) is 5.00 Å². The molecule has 4 aliphatic heterocycles. The van der Waals surface area contributed by atoms with E-state index in [4.69, 9.17) is 16.6 Å². The monoisotopic (exact) mass is 822 g/mol. The minimum absolute atomic E-state index is 0.00218. The zero-order valence-electron chi connectivity index (χ0n) is 33.1. The van der Waals surface area contributed by atoms with Crippen molar-refractivity contribution in [3.63, 3.8) is 0 Å². The average molecular weight is 823 g/mol. The number of benzene rings is 2. The van der Waals surface area contributed by atoms with E-state index in [2.05, 4.69) is 38.8 Å². The van der Waals surface area contributed by atoms with Crippen LogP contribution in [0.1, 0.15) is 106 Å². The number of fused-ring (bicyclic) bond motifs is 4. The third kappa shape index (κ3) is 7.89. The van der Waals surface area contributed by atoms with Crippen LogP contribution in [-0.4, -0.2) is 103 Å². The van der Waals surface area contributed by atoms with Gasteiger partial charge < -0.3 is 9.80 Å². The number of aliphatic imine (C=N–C) groups is 1. The number of ketones is 1. The predicted molar refractivity (Wildman–Crippen MR) is 221 cm³/mol. The first-order valence-corrected chi connectivity index (χ1v) is 21.3. The number of piperazine rings is 1. The van der Waals surface area contributed by atoms with Gasteiger partial charge in [0, 0.05) is 72.2 Å². The van der Waals surface area contributed by atoms with Crippen LogP contribution in [0.15, 0.2) is 47.5 Å². The molecule has 4 amide bonds. The second kappa shape index (κ2) is 16.7. The molecule has 0 bridgehead atoms. The molecular formula is C43H47ClN8O5S. The van der Waals surface area contributed by atoms with Crippen LogP contribution in [0.2, 0.25) is 5.02 Å². The van der Waals surface area contributed by atoms with Gasteiger partial charge in [0.15, 0.2) is 5.82 Å². The van der Waals surface area contributed by atoms with E-state index in [0.29, 0.717) is 68.5 Å². The number of aromatic nitrogens is 3. The number of hydrogen-bond donors (Lipinski definition) is 1. The number of nitrogens with one attached hydrogen (secondary N) is 1. The van der Waals surface area contributed by atoms with Gasteiger partial charge in [-0.3, -0.25) is 43.7 Å². The molecule has 0 radical (unpaired) electrons. The first kappa shape index (κ1) is 39.8. The van der Waals surface area contributed by atoms with Gasteiger partial charge >= 0.3 is 0 Å². The second-order valence-electron chi connectivity index (χ2n) is 15.7. The van der Waals surface area contributed by atoms with Crippen LogP contribution in [0.5, 0.6) is 0 Å². The summed E-state index contributed by atoms with van der Waals surface area (Å²) in [7, 11) is 0. The summed E-state index contributed by atoms with van der Waals surface area (Å²) in [6, 6.07) is 12.2. The molecule has 0 aliphatic carbocycles. The molecule has 4 aliphatic rings. The molecule has 0 spiro atoms. The highest BCUT2D eigenvalue weighted by Crippen LogP contribution is 2.40. The van der Waals surface area contributed by atoms with E-state index in [0.717, 1.165) is 70.0 Å². The number of carbonyl (C=O) groups excluding carboxylic acids is 5. The van der Waals surface area contributed by atoms with Gasteiger partial charge in [0.05, 0.1) is 18.7 Å². The fourth-order valence-electron chi connectivity index (χ4n) is 8.61. The van der Waals surface area contributed by atoms with E-state index in [1.807, 2.05) is 54.3 Å². The van der Waals surface area contributed by atoms with Crippen LogP contribution < -0.4 is 5.32 Å². The molecule has 1 N–H and O–H groups in total. The summed E-state index contributed by atoms with van der Waals surface area (Å²) in [6.45, 7) is 9.20. The van der Waals surface area contributed by atoms with Crippen molar-refractivity contribution in [2.45, 2.75) is 90.8 Å². The van der Waals surface area contributed by atoms with Crippen molar-refractivity contribution in [2.75, 3.05) is 32.7 Å². The normalized spacial score (nSPS) is 19.4. The van der Waals surface area contributed by atoms with Crippen LogP contribution in [-0.2, 0) is 32.1 Å². The first-order chi connectivity index (χ1) is 28.0. The maximum absolute atomic E-state index is 13.9. The lowest BCUT2D eigenvalue weighted by Crippen LogP contribution is -2.52. The van der Waals surface area contributed by atoms with Gasteiger partial charge in [-0.15, -0.1) is 21.5 Å². The van der Waals surface area contributed by atoms with Crippen molar-refractivity contribution >= 4 is 58.1 Å². The number of Topliss-reactive ketones (excluding diaryl/α,β-unsaturated/α-hetero) is 1. The quantitative estimate of drug-likeness (QED) is 0.146. The molecule has 2 saturated heterocycles. The highest BCUT2D eigenvalue weighted by molar-refractivity contribution is 7.15. The summed E-state index contributed by atoms with van der Waals surface area (Å²) in [6.07, 6.45) is 4.54. The van der Waals surface area contributed by atoms with Crippen LogP contribution >= 0.6 is 22.9 Å². The third-order valence-electron chi connectivity index (χ3n) is 11.9. The molecule has 2 atom stereocenters. The Morgan fingerprint density at radius 2 is 1.72 bits per heavy atom. The Balaban J connectivity index is 0.818. The summed E-state index contributed by atoms with van der Waals surface area (Å²) >= 11 is 7.94. The van der Waals surface area contributed by atoms with Crippen molar-refractivity contribution < 1.29 is 24.0 Å². The second-order valence-corrected chi connectivity index (χ2v) is 17.3. The third-order valence-corrected chi connectivity index (χ3v) is 13.4. The van der Waals surface area contributed by atoms with Gasteiger partial charge in [0.2, 0.25) is 17.7 Å². The molecule has 8 rings (SSSR count). The molecule has 302 valence electrons. The summed E-state index contributed by atoms with van der Waals surface area (Å²) in [5.74, 6) is 0.723. The summed E-state index contributed by atoms with van der Waals surface area (Å²) in [4.78, 5) is 76.2. The van der Waals surface area contributed by atoms with Crippen molar-refractivity contribution in [1.29, 1.82) is 0 Å². The summed E-state index contributed by atoms with van der Waals surface area (Å²) in [5, 5.41) is 13.0. The van der Waals surface area contributed by atoms with E-state index in [1.165, 1.54) is 4.88 Å². The number of unbranched alkanes of at least 4 members (excludes halogenated alkanes) is 2. The lowest BCUT2D eigenvalue weighted by Gasteiger charge is -2.34. The fourth-order valence-corrected chi connectivity index (χ4v) is 9.95. The summed E-state index contributed by atoms with van der Waals surface area (Å²) in [5.41, 5.74) is 6.58. The molecule has 58 heavy (non-hydrogen) atoms. The molecule has 2 fully saturated rings. The van der Waals surface area contributed by atoms with Gasteiger partial charge in [-0.2, -0.15) is 0 Å². The molecule has 0 saturated carbocycles. The number of carbonyl (C=O) groups is 5. The van der Waals surface area contributed by atoms with E-state index in [-0.39, 0.29) is 36.3 Å². The van der Waals surface area contributed by atoms with E-state index in [1.54, 1.807) is 16.2 Å². The number of hydrogen-bond acceptors (Lipinski definition) is 10. The Bertz CT molecular complexity index is 2330. The topological polar surface area (TPSA) is 150 Å². The maximum atomic E-state index is 13.9. The number of piperidine rings is 1. The Morgan fingerprint density at radius 1 is 0.948 bits per heavy atom. The lowest BCUT2D eigenvalue weighted by atomic mass is 9.98. The SMILES string of the molecule is Cc1sc2c(c1C)C(c1ccc(Cl)cc1)=N[C@@H](CC(=O)N1CCN(CC(=O)CCCCCc3cccc4c3CN(C3CCC(=O)NC3=O)C4=O)CC1)c1nnc(C)n1-2. The summed E-state index contributed by atoms with van der Waals surface area (Å²) < 4.78 is 2.06. The molecular weight excluding hydrogens is 776 g/mol. The number of aryl methyl sites for hydroxylation is 3. The van der Waals surface area contributed by atoms with Gasteiger partial charge in [-0.1, -0.05) is 42.3 Å². The molecule has 2 aromatic heterocycles. The van der Waals surface area contributed by atoms with Crippen molar-refractivity contribution in [2.24, 2.45) is 4.99 Å². The predicted octanol–water partition coefficient (Wildman–Crippen LogP) is 5.47. The first-order valence-electron chi connectivity index (χ1n) is 20.1. The van der Waals surface area contributed by atoms with Crippen LogP contribution in [0.4, 0.5) is 0 Å². The number of imide groups is 1. The fraction of sp³-hybridized carbons (Fsp3) is 0.442. The van der Waals surface area contributed by atoms with Crippen molar-refractivity contribution in [3.8, 4) is 5.00 Å². The zero-order chi connectivity index (χ0) is 40.7. The Kier molecular flexibility index (Phi) is 11.4. The molecule has 2 aromatic carbocycles. The van der Waals surface area contributed by atoms with Crippen molar-refractivity contribution in [1.82, 2.24) is 34.8 Å². The molecule has 4 aromatic rings. The van der Waals surface area contributed by atoms with E-state index >= 15 is 0 Å². The van der Waals surface area contributed by atoms with Gasteiger partial charge in [-0.25, -0.2) is 0 Å². The maximum Gasteiger partial charge on any atom is 0.255 e. The van der Waals surface area contributed by atoms with Crippen LogP contribution in [0.3, 0.4) is 0 Å². The van der Waals surface area contributed by atoms with E-state index < -0.39 is 18.0 Å². The minimum Gasteiger partial charge on any atom is -0.340 e. The molecule has 6 heterocycles. The molecule has 15 heteroatoms. The average Bonchev–Trinajstić information content (AvgIpc) is 3.82. The van der Waals surface area contributed by atoms with Crippen molar-refractivity contribution in [3.05, 3.63) is 97.4 Å². The minimum atomic E-state index is -0.631. The van der Waals surface area contributed by atoms with E-state index in [9.17, 15) is 24.0 Å². The Hall–Kier alpha value is -5.05. The Labute approximate surface area is 346 Å². The van der Waals surface area contributed by atoms with Gasteiger partial charge in [-0.05, 0) is 81.3 Å². The number of nitrogens with zero attached hydrogens (tertiary/aromatic N) is 7. The highest BCUT2D eigenvalue weighted by atomic mass is 35.5. The zero-order valence-corrected chi connectivity index (χ0v) is 34.6. The largest absolute Gasteiger partial charge is 0.340 e. The van der Waals surface area contributed by atoms with Gasteiger partial charge in [0.25, 0.3) is 5.91 Å². The lowest BCUT2D eigenvalue weighted by molar-refractivity contribution is -0.137. The van der Waals surface area contributed by atoms with Gasteiger partial charge in [0.1, 0.15) is 28.7 Å². The molecule has 1 unspecified atom stereocenters. The number of halogens is 1. The molecule has 13 nitrogen and oxygen atoms in total. The Morgan fingerprint density at radius 3 is 2.48 bits per heavy atom. The number of amides is 4. The van der Waals surface area contributed by atoms with Crippen LogP contribution in [0, 0.1) is 20.8 Å².